The van der Waals surface area contributed by atoms with E-state index in [2.05, 4.69) is 0 Å². The summed E-state index contributed by atoms with van der Waals surface area (Å²) in [5, 5.41) is 0. The third kappa shape index (κ3) is 1.70. The van der Waals surface area contributed by atoms with Crippen LogP contribution in [0.3, 0.4) is 0 Å². The molecule has 2 fully saturated rings. The highest BCUT2D eigenvalue weighted by Gasteiger charge is 2.40. The molecule has 0 aromatic carbocycles. The van der Waals surface area contributed by atoms with Crippen LogP contribution in [0.5, 0.6) is 0 Å². The van der Waals surface area contributed by atoms with Crippen LogP contribution in [-0.4, -0.2) is 30.0 Å². The van der Waals surface area contributed by atoms with Gasteiger partial charge in [-0.25, -0.2) is 8.78 Å². The first-order valence-electron chi connectivity index (χ1n) is 4.29. The van der Waals surface area contributed by atoms with E-state index < -0.39 is 5.92 Å². The van der Waals surface area contributed by atoms with Crippen molar-refractivity contribution in [1.29, 1.82) is 0 Å². The van der Waals surface area contributed by atoms with Crippen molar-refractivity contribution in [2.75, 3.05) is 13.1 Å². The van der Waals surface area contributed by atoms with Crippen LogP contribution in [0, 0.1) is 0 Å². The lowest BCUT2D eigenvalue weighted by molar-refractivity contribution is -0.0661. The van der Waals surface area contributed by atoms with Crippen molar-refractivity contribution in [2.45, 2.75) is 37.6 Å². The summed E-state index contributed by atoms with van der Waals surface area (Å²) in [5.41, 5.74) is 0. The molecule has 0 atom stereocenters. The van der Waals surface area contributed by atoms with Crippen molar-refractivity contribution in [3.63, 3.8) is 0 Å². The van der Waals surface area contributed by atoms with Gasteiger partial charge in [-0.05, 0) is 25.8 Å². The highest BCUT2D eigenvalue weighted by Crippen LogP contribution is 2.34. The van der Waals surface area contributed by atoms with E-state index in [0.29, 0.717) is 12.5 Å². The maximum absolute atomic E-state index is 12.8. The van der Waals surface area contributed by atoms with E-state index in [4.69, 9.17) is 0 Å². The second-order valence-electron chi connectivity index (χ2n) is 3.66. The fraction of sp³-hybridized carbons (Fsp3) is 1.00. The Balaban J connectivity index is 1.92. The van der Waals surface area contributed by atoms with E-state index in [9.17, 15) is 8.78 Å². The Hall–Kier alpha value is -0.180. The fourth-order valence-electron chi connectivity index (χ4n) is 1.75. The summed E-state index contributed by atoms with van der Waals surface area (Å²) in [6, 6.07) is 0.501. The van der Waals surface area contributed by atoms with Gasteiger partial charge >= 0.3 is 0 Å². The molecule has 3 heteroatoms. The molecule has 2 rings (SSSR count). The Morgan fingerprint density at radius 3 is 2.55 bits per heavy atom. The number of alkyl halides is 2. The van der Waals surface area contributed by atoms with E-state index in [0.717, 1.165) is 19.4 Å². The molecular weight excluding hydrogens is 148 g/mol. The van der Waals surface area contributed by atoms with Gasteiger partial charge in [-0.1, -0.05) is 0 Å². The van der Waals surface area contributed by atoms with Crippen LogP contribution < -0.4 is 0 Å². The van der Waals surface area contributed by atoms with E-state index in [-0.39, 0.29) is 13.0 Å². The summed E-state index contributed by atoms with van der Waals surface area (Å²) < 4.78 is 25.6. The van der Waals surface area contributed by atoms with Gasteiger partial charge in [0.05, 0.1) is 6.54 Å². The molecule has 0 radical (unpaired) electrons. The minimum absolute atomic E-state index is 0.0116. The van der Waals surface area contributed by atoms with Crippen LogP contribution in [0.2, 0.25) is 0 Å². The molecule has 1 nitrogen and oxygen atoms in total. The molecule has 0 unspecified atom stereocenters. The smallest absolute Gasteiger partial charge is 0.260 e. The predicted molar refractivity (Wildman–Crippen MR) is 38.8 cm³/mol. The monoisotopic (exact) mass is 161 g/mol. The predicted octanol–water partition coefficient (Wildman–Crippen LogP) is 1.88. The first-order valence-corrected chi connectivity index (χ1v) is 4.29. The number of rotatable bonds is 1. The molecule has 0 aromatic rings. The molecule has 1 saturated carbocycles. The first kappa shape index (κ1) is 7.47. The summed E-state index contributed by atoms with van der Waals surface area (Å²) in [4.78, 5) is 1.95. The van der Waals surface area contributed by atoms with Crippen molar-refractivity contribution in [1.82, 2.24) is 4.90 Å². The Bertz CT molecular complexity index is 154. The van der Waals surface area contributed by atoms with Crippen molar-refractivity contribution >= 4 is 0 Å². The molecule has 2 aliphatic rings. The number of piperidine rings is 1. The standard InChI is InChI=1S/C8H13F2N/c9-8(10)4-1-5-11(6-8)7-2-3-7/h7H,1-6H2. The molecule has 1 aliphatic carbocycles. The zero-order chi connectivity index (χ0) is 7.90. The number of halogens is 2. The third-order valence-electron chi connectivity index (χ3n) is 2.49. The Kier molecular flexibility index (Phi) is 1.63. The molecule has 0 amide bonds. The topological polar surface area (TPSA) is 3.24 Å². The van der Waals surface area contributed by atoms with Gasteiger partial charge in [0.2, 0.25) is 0 Å². The van der Waals surface area contributed by atoms with Crippen molar-refractivity contribution in [3.05, 3.63) is 0 Å². The summed E-state index contributed by atoms with van der Waals surface area (Å²) in [5.74, 6) is -2.40. The van der Waals surface area contributed by atoms with Crippen LogP contribution in [-0.2, 0) is 0 Å². The molecule has 0 aromatic heterocycles. The largest absolute Gasteiger partial charge is 0.294 e. The minimum Gasteiger partial charge on any atom is -0.294 e. The minimum atomic E-state index is -2.40. The number of hydrogen-bond donors (Lipinski definition) is 0. The normalized spacial score (nSPS) is 32.2. The lowest BCUT2D eigenvalue weighted by Crippen LogP contribution is -2.43. The van der Waals surface area contributed by atoms with Crippen LogP contribution in [0.15, 0.2) is 0 Å². The third-order valence-corrected chi connectivity index (χ3v) is 2.49. The van der Waals surface area contributed by atoms with Crippen LogP contribution in [0.4, 0.5) is 8.78 Å². The maximum atomic E-state index is 12.8. The average molecular weight is 161 g/mol. The summed E-state index contributed by atoms with van der Waals surface area (Å²) in [6.07, 6.45) is 3.03. The molecule has 1 heterocycles. The van der Waals surface area contributed by atoms with Gasteiger partial charge in [0.1, 0.15) is 0 Å². The zero-order valence-corrected chi connectivity index (χ0v) is 6.52. The quantitative estimate of drug-likeness (QED) is 0.567. The van der Waals surface area contributed by atoms with Crippen LogP contribution >= 0.6 is 0 Å². The highest BCUT2D eigenvalue weighted by molar-refractivity contribution is 4.90. The molecule has 64 valence electrons. The lowest BCUT2D eigenvalue weighted by atomic mass is 10.1. The number of likely N-dealkylation sites (tertiary alicyclic amines) is 1. The highest BCUT2D eigenvalue weighted by atomic mass is 19.3. The zero-order valence-electron chi connectivity index (χ0n) is 6.52. The van der Waals surface area contributed by atoms with E-state index in [1.807, 2.05) is 4.90 Å². The van der Waals surface area contributed by atoms with Crippen molar-refractivity contribution in [2.24, 2.45) is 0 Å². The molecule has 0 N–H and O–H groups in total. The Morgan fingerprint density at radius 1 is 1.27 bits per heavy atom. The van der Waals surface area contributed by atoms with Crippen LogP contribution in [0.25, 0.3) is 0 Å². The Morgan fingerprint density at radius 2 is 2.00 bits per heavy atom. The van der Waals surface area contributed by atoms with Gasteiger partial charge in [0, 0.05) is 12.5 Å². The van der Waals surface area contributed by atoms with Crippen molar-refractivity contribution < 1.29 is 8.78 Å². The SMILES string of the molecule is FC1(F)CCCN(C2CC2)C1. The average Bonchev–Trinajstić information content (AvgIpc) is 2.65. The second kappa shape index (κ2) is 2.41. The summed E-state index contributed by atoms with van der Waals surface area (Å²) >= 11 is 0. The second-order valence-corrected chi connectivity index (χ2v) is 3.66. The first-order chi connectivity index (χ1) is 5.17. The van der Waals surface area contributed by atoms with Gasteiger partial charge in [0.25, 0.3) is 5.92 Å². The van der Waals surface area contributed by atoms with Gasteiger partial charge in [-0.15, -0.1) is 0 Å². The molecule has 11 heavy (non-hydrogen) atoms. The molecule has 1 saturated heterocycles. The Labute approximate surface area is 65.4 Å². The lowest BCUT2D eigenvalue weighted by Gasteiger charge is -2.32. The van der Waals surface area contributed by atoms with E-state index in [1.54, 1.807) is 0 Å². The van der Waals surface area contributed by atoms with Crippen LogP contribution in [0.1, 0.15) is 25.7 Å². The molecule has 0 spiro atoms. The molecule has 0 bridgehead atoms. The molecule has 1 aliphatic heterocycles. The van der Waals surface area contributed by atoms with E-state index >= 15 is 0 Å². The number of hydrogen-bond acceptors (Lipinski definition) is 1. The van der Waals surface area contributed by atoms with Gasteiger partial charge in [-0.2, -0.15) is 0 Å². The van der Waals surface area contributed by atoms with Gasteiger partial charge in [0.15, 0.2) is 0 Å². The fourth-order valence-corrected chi connectivity index (χ4v) is 1.75. The number of nitrogens with zero attached hydrogens (tertiary/aromatic N) is 1. The van der Waals surface area contributed by atoms with Crippen molar-refractivity contribution in [3.8, 4) is 0 Å². The maximum Gasteiger partial charge on any atom is 0.260 e. The van der Waals surface area contributed by atoms with Gasteiger partial charge in [-0.3, -0.25) is 4.90 Å². The molecular formula is C8H13F2N. The van der Waals surface area contributed by atoms with Gasteiger partial charge < -0.3 is 0 Å². The summed E-state index contributed by atoms with van der Waals surface area (Å²) in [7, 11) is 0. The van der Waals surface area contributed by atoms with E-state index in [1.165, 1.54) is 0 Å². The summed E-state index contributed by atoms with van der Waals surface area (Å²) in [6.45, 7) is 0.901.